The number of nitro benzene ring substituents is 1. The number of hydrogen-bond donors (Lipinski definition) is 0. The summed E-state index contributed by atoms with van der Waals surface area (Å²) in [7, 11) is -3.67. The molecule has 2 aromatic rings. The molecule has 0 amide bonds. The van der Waals surface area contributed by atoms with Crippen molar-refractivity contribution in [1.82, 2.24) is 9.21 Å². The molecule has 0 saturated carbocycles. The second kappa shape index (κ2) is 8.12. The van der Waals surface area contributed by atoms with Crippen molar-refractivity contribution in [1.29, 1.82) is 0 Å². The Morgan fingerprint density at radius 1 is 0.963 bits per heavy atom. The van der Waals surface area contributed by atoms with E-state index in [1.165, 1.54) is 28.6 Å². The largest absolute Gasteiger partial charge is 0.296 e. The first-order valence-electron chi connectivity index (χ1n) is 8.18. The molecule has 0 aliphatic carbocycles. The lowest BCUT2D eigenvalue weighted by Gasteiger charge is -2.34. The standard InChI is InChI=1S/C17H17Cl2N3O4S/c18-16-6-1-13(11-17(16)19)12-20-7-9-21(10-8-20)27(25,26)15-4-2-14(3-5-15)22(23)24/h1-6,11H,7-10,12H2. The molecule has 7 nitrogen and oxygen atoms in total. The Bertz CT molecular complexity index is 943. The van der Waals surface area contributed by atoms with Crippen molar-refractivity contribution < 1.29 is 13.3 Å². The zero-order valence-corrected chi connectivity index (χ0v) is 16.5. The molecule has 0 N–H and O–H groups in total. The molecule has 1 aliphatic heterocycles. The summed E-state index contributed by atoms with van der Waals surface area (Å²) in [6, 6.07) is 10.4. The molecule has 0 unspecified atom stereocenters. The third-order valence-corrected chi connectivity index (χ3v) is 7.06. The van der Waals surface area contributed by atoms with E-state index in [0.29, 0.717) is 42.8 Å². The fourth-order valence-electron chi connectivity index (χ4n) is 2.91. The van der Waals surface area contributed by atoms with Crippen LogP contribution in [0, 0.1) is 10.1 Å². The van der Waals surface area contributed by atoms with Gasteiger partial charge in [-0.05, 0) is 29.8 Å². The van der Waals surface area contributed by atoms with Gasteiger partial charge in [0, 0.05) is 44.9 Å². The lowest BCUT2D eigenvalue weighted by molar-refractivity contribution is -0.384. The van der Waals surface area contributed by atoms with Crippen molar-refractivity contribution in [3.05, 3.63) is 68.2 Å². The van der Waals surface area contributed by atoms with E-state index < -0.39 is 14.9 Å². The number of nitrogens with zero attached hydrogens (tertiary/aromatic N) is 3. The van der Waals surface area contributed by atoms with E-state index >= 15 is 0 Å². The number of sulfonamides is 1. The second-order valence-corrected chi connectivity index (χ2v) is 8.93. The van der Waals surface area contributed by atoms with Crippen LogP contribution in [-0.4, -0.2) is 48.7 Å². The first-order chi connectivity index (χ1) is 12.8. The molecule has 1 saturated heterocycles. The zero-order chi connectivity index (χ0) is 19.6. The predicted molar refractivity (Wildman–Crippen MR) is 104 cm³/mol. The van der Waals surface area contributed by atoms with Crippen molar-refractivity contribution >= 4 is 38.9 Å². The topological polar surface area (TPSA) is 83.8 Å². The lowest BCUT2D eigenvalue weighted by Crippen LogP contribution is -2.48. The molecule has 3 rings (SSSR count). The van der Waals surface area contributed by atoms with Gasteiger partial charge < -0.3 is 0 Å². The van der Waals surface area contributed by atoms with Gasteiger partial charge in [-0.3, -0.25) is 15.0 Å². The Morgan fingerprint density at radius 2 is 1.59 bits per heavy atom. The highest BCUT2D eigenvalue weighted by Gasteiger charge is 2.28. The summed E-state index contributed by atoms with van der Waals surface area (Å²) >= 11 is 12.0. The Hall–Kier alpha value is -1.71. The van der Waals surface area contributed by atoms with Crippen LogP contribution in [0.25, 0.3) is 0 Å². The maximum absolute atomic E-state index is 12.7. The number of hydrogen-bond acceptors (Lipinski definition) is 5. The highest BCUT2D eigenvalue weighted by atomic mass is 35.5. The monoisotopic (exact) mass is 429 g/mol. The molecule has 1 heterocycles. The van der Waals surface area contributed by atoms with Crippen LogP contribution in [0.2, 0.25) is 10.0 Å². The van der Waals surface area contributed by atoms with Crippen LogP contribution in [-0.2, 0) is 16.6 Å². The molecule has 0 bridgehead atoms. The predicted octanol–water partition coefficient (Wildman–Crippen LogP) is 3.41. The summed E-state index contributed by atoms with van der Waals surface area (Å²) in [4.78, 5) is 12.4. The fraction of sp³-hybridized carbons (Fsp3) is 0.294. The second-order valence-electron chi connectivity index (χ2n) is 6.18. The van der Waals surface area contributed by atoms with Crippen molar-refractivity contribution in [3.8, 4) is 0 Å². The van der Waals surface area contributed by atoms with Gasteiger partial charge in [0.2, 0.25) is 10.0 Å². The number of non-ortho nitro benzene ring substituents is 1. The van der Waals surface area contributed by atoms with E-state index in [4.69, 9.17) is 23.2 Å². The minimum Gasteiger partial charge on any atom is -0.296 e. The quantitative estimate of drug-likeness (QED) is 0.536. The Balaban J connectivity index is 1.63. The van der Waals surface area contributed by atoms with Gasteiger partial charge in [0.15, 0.2) is 0 Å². The van der Waals surface area contributed by atoms with Crippen LogP contribution in [0.3, 0.4) is 0 Å². The van der Waals surface area contributed by atoms with Crippen molar-refractivity contribution in [3.63, 3.8) is 0 Å². The van der Waals surface area contributed by atoms with Gasteiger partial charge in [0.05, 0.1) is 19.9 Å². The molecular formula is C17H17Cl2N3O4S. The van der Waals surface area contributed by atoms with Gasteiger partial charge in [0.1, 0.15) is 0 Å². The van der Waals surface area contributed by atoms with Gasteiger partial charge in [-0.1, -0.05) is 29.3 Å². The van der Waals surface area contributed by atoms with E-state index in [0.717, 1.165) is 5.56 Å². The highest BCUT2D eigenvalue weighted by molar-refractivity contribution is 7.89. The van der Waals surface area contributed by atoms with Crippen LogP contribution in [0.1, 0.15) is 5.56 Å². The summed E-state index contributed by atoms with van der Waals surface area (Å²) in [5.41, 5.74) is 0.872. The van der Waals surface area contributed by atoms with E-state index in [9.17, 15) is 18.5 Å². The molecule has 0 spiro atoms. The summed E-state index contributed by atoms with van der Waals surface area (Å²) in [6.45, 7) is 2.50. The summed E-state index contributed by atoms with van der Waals surface area (Å²) in [5.74, 6) is 0. The highest BCUT2D eigenvalue weighted by Crippen LogP contribution is 2.24. The van der Waals surface area contributed by atoms with Crippen LogP contribution in [0.4, 0.5) is 5.69 Å². The molecule has 0 aromatic heterocycles. The smallest absolute Gasteiger partial charge is 0.269 e. The van der Waals surface area contributed by atoms with E-state index in [1.807, 2.05) is 12.1 Å². The third-order valence-electron chi connectivity index (χ3n) is 4.41. The Morgan fingerprint density at radius 3 is 2.15 bits per heavy atom. The average Bonchev–Trinajstić information content (AvgIpc) is 2.65. The molecular weight excluding hydrogens is 413 g/mol. The van der Waals surface area contributed by atoms with Crippen LogP contribution >= 0.6 is 23.2 Å². The normalized spacial score (nSPS) is 16.4. The number of benzene rings is 2. The number of nitro groups is 1. The van der Waals surface area contributed by atoms with E-state index in [-0.39, 0.29) is 10.6 Å². The number of piperazine rings is 1. The van der Waals surface area contributed by atoms with Gasteiger partial charge in [-0.15, -0.1) is 0 Å². The molecule has 1 aliphatic rings. The van der Waals surface area contributed by atoms with Gasteiger partial charge in [-0.25, -0.2) is 8.42 Å². The lowest BCUT2D eigenvalue weighted by atomic mass is 10.2. The fourth-order valence-corrected chi connectivity index (χ4v) is 4.66. The molecule has 27 heavy (non-hydrogen) atoms. The molecule has 144 valence electrons. The molecule has 1 fully saturated rings. The third kappa shape index (κ3) is 4.59. The Labute approximate surface area is 167 Å². The molecule has 0 atom stereocenters. The zero-order valence-electron chi connectivity index (χ0n) is 14.2. The minimum atomic E-state index is -3.67. The van der Waals surface area contributed by atoms with E-state index in [1.54, 1.807) is 6.07 Å². The van der Waals surface area contributed by atoms with Gasteiger partial charge >= 0.3 is 0 Å². The van der Waals surface area contributed by atoms with Gasteiger partial charge in [-0.2, -0.15) is 4.31 Å². The first-order valence-corrected chi connectivity index (χ1v) is 10.4. The minimum absolute atomic E-state index is 0.0611. The van der Waals surface area contributed by atoms with E-state index in [2.05, 4.69) is 4.90 Å². The van der Waals surface area contributed by atoms with Crippen LogP contribution in [0.15, 0.2) is 47.4 Å². The van der Waals surface area contributed by atoms with Crippen molar-refractivity contribution in [2.24, 2.45) is 0 Å². The van der Waals surface area contributed by atoms with Gasteiger partial charge in [0.25, 0.3) is 5.69 Å². The SMILES string of the molecule is O=[N+]([O-])c1ccc(S(=O)(=O)N2CCN(Cc3ccc(Cl)c(Cl)c3)CC2)cc1. The summed E-state index contributed by atoms with van der Waals surface area (Å²) in [6.07, 6.45) is 0. The maximum Gasteiger partial charge on any atom is 0.269 e. The maximum atomic E-state index is 12.7. The average molecular weight is 430 g/mol. The number of rotatable bonds is 5. The summed E-state index contributed by atoms with van der Waals surface area (Å²) in [5, 5.41) is 11.7. The van der Waals surface area contributed by atoms with Crippen LogP contribution < -0.4 is 0 Å². The first kappa shape index (κ1) is 20.0. The van der Waals surface area contributed by atoms with Crippen molar-refractivity contribution in [2.45, 2.75) is 11.4 Å². The number of halogens is 2. The molecule has 2 aromatic carbocycles. The summed E-state index contributed by atoms with van der Waals surface area (Å²) < 4.78 is 26.8. The Kier molecular flexibility index (Phi) is 6.02. The molecule has 0 radical (unpaired) electrons. The van der Waals surface area contributed by atoms with Crippen LogP contribution in [0.5, 0.6) is 0 Å². The molecule has 10 heteroatoms. The van der Waals surface area contributed by atoms with Crippen molar-refractivity contribution in [2.75, 3.05) is 26.2 Å².